The molecule has 1 atom stereocenters. The summed E-state index contributed by atoms with van der Waals surface area (Å²) in [6.07, 6.45) is 3.10. The first kappa shape index (κ1) is 25.0. The quantitative estimate of drug-likeness (QED) is 0.148. The topological polar surface area (TPSA) is 167 Å². The maximum atomic E-state index is 12.6. The summed E-state index contributed by atoms with van der Waals surface area (Å²) in [6, 6.07) is 6.69. The van der Waals surface area contributed by atoms with Crippen molar-refractivity contribution in [3.05, 3.63) is 47.0 Å². The Labute approximate surface area is 204 Å². The first-order valence-electron chi connectivity index (χ1n) is 8.38. The van der Waals surface area contributed by atoms with Gasteiger partial charge in [-0.3, -0.25) is 9.59 Å². The van der Waals surface area contributed by atoms with Crippen LogP contribution in [0.15, 0.2) is 40.9 Å². The summed E-state index contributed by atoms with van der Waals surface area (Å²) in [7, 11) is -3.47. The molecule has 1 unspecified atom stereocenters. The molecule has 1 aliphatic heterocycles. The molecule has 0 saturated carbocycles. The fourth-order valence-electron chi connectivity index (χ4n) is 2.59. The molecule has 2 amide bonds. The third-order valence-corrected chi connectivity index (χ3v) is 5.57. The normalized spacial score (nSPS) is 16.6. The third kappa shape index (κ3) is 6.12. The average Bonchev–Trinajstić information content (AvgIpc) is 3.10. The van der Waals surface area contributed by atoms with Gasteiger partial charge in [0.15, 0.2) is 21.1 Å². The Bertz CT molecular complexity index is 1150. The first-order chi connectivity index (χ1) is 14.2. The van der Waals surface area contributed by atoms with Crippen LogP contribution in [0.4, 0.5) is 10.8 Å². The van der Waals surface area contributed by atoms with E-state index in [1.54, 1.807) is 35.7 Å². The molecule has 1 saturated heterocycles. The van der Waals surface area contributed by atoms with Crippen LogP contribution in [-0.2, 0) is 24.7 Å². The molecule has 2 heterocycles. The number of nitrogen functional groups attached to an aromatic ring is 1. The number of anilines is 2. The summed E-state index contributed by atoms with van der Waals surface area (Å²) in [5.74, 6) is -2.02. The van der Waals surface area contributed by atoms with Gasteiger partial charge in [0.2, 0.25) is 5.91 Å². The van der Waals surface area contributed by atoms with E-state index in [4.69, 9.17) is 10.6 Å². The van der Waals surface area contributed by atoms with Gasteiger partial charge in [-0.05, 0) is 17.7 Å². The predicted octanol–water partition coefficient (Wildman–Crippen LogP) is -2.35. The van der Waals surface area contributed by atoms with E-state index in [9.17, 15) is 22.6 Å². The molecule has 0 aliphatic carbocycles. The van der Waals surface area contributed by atoms with Gasteiger partial charge in [-0.25, -0.2) is 17.7 Å². The number of thiazole rings is 1. The van der Waals surface area contributed by atoms with Gasteiger partial charge in [0.05, 0.1) is 12.5 Å². The van der Waals surface area contributed by atoms with Crippen LogP contribution in [0, 0.1) is 5.92 Å². The Morgan fingerprint density at radius 2 is 2.23 bits per heavy atom. The monoisotopic (exact) mass is 473 g/mol. The molecule has 1 fully saturated rings. The predicted molar refractivity (Wildman–Crippen MR) is 109 cm³/mol. The van der Waals surface area contributed by atoms with Crippen molar-refractivity contribution in [2.75, 3.05) is 24.7 Å². The van der Waals surface area contributed by atoms with Crippen molar-refractivity contribution < 1.29 is 57.0 Å². The fourth-order valence-corrected chi connectivity index (χ4v) is 3.84. The average molecular weight is 473 g/mol. The van der Waals surface area contributed by atoms with Crippen LogP contribution in [0.5, 0.6) is 0 Å². The number of aromatic nitrogens is 1. The van der Waals surface area contributed by atoms with E-state index < -0.39 is 28.0 Å². The fraction of sp³-hybridized carbons (Fsp3) is 0.176. The van der Waals surface area contributed by atoms with Gasteiger partial charge in [0, 0.05) is 11.1 Å². The van der Waals surface area contributed by atoms with Crippen molar-refractivity contribution in [3.63, 3.8) is 0 Å². The second-order valence-corrected chi connectivity index (χ2v) is 8.25. The summed E-state index contributed by atoms with van der Waals surface area (Å²) in [5, 5.41) is 8.23. The molecule has 14 heteroatoms. The van der Waals surface area contributed by atoms with Crippen molar-refractivity contribution in [3.8, 4) is 0 Å². The summed E-state index contributed by atoms with van der Waals surface area (Å²) >= 11 is 1.16. The Hall–Kier alpha value is -2.29. The van der Waals surface area contributed by atoms with E-state index in [0.717, 1.165) is 11.3 Å². The maximum Gasteiger partial charge on any atom is 1.00 e. The number of nitrogens with two attached hydrogens (primary N) is 1. The zero-order valence-corrected chi connectivity index (χ0v) is 20.1. The number of hydrogen-bond donors (Lipinski definition) is 2. The van der Waals surface area contributed by atoms with Gasteiger partial charge in [-0.2, -0.15) is 0 Å². The number of rotatable bonds is 7. The summed E-state index contributed by atoms with van der Waals surface area (Å²) in [4.78, 5) is 33.0. The van der Waals surface area contributed by atoms with E-state index in [-0.39, 0.29) is 56.9 Å². The van der Waals surface area contributed by atoms with E-state index in [1.807, 2.05) is 0 Å². The number of carbonyl (C=O) groups excluding carboxylic acids is 2. The Morgan fingerprint density at radius 1 is 1.48 bits per heavy atom. The van der Waals surface area contributed by atoms with Crippen molar-refractivity contribution >= 4 is 56.1 Å². The minimum Gasteiger partial charge on any atom is -0.731 e. The van der Waals surface area contributed by atoms with E-state index in [2.05, 4.69) is 15.5 Å². The van der Waals surface area contributed by atoms with Crippen LogP contribution in [0.3, 0.4) is 0 Å². The molecule has 0 bridgehead atoms. The van der Waals surface area contributed by atoms with E-state index in [1.165, 1.54) is 13.2 Å². The number of benzene rings is 1. The van der Waals surface area contributed by atoms with Gasteiger partial charge in [0.25, 0.3) is 5.91 Å². The van der Waals surface area contributed by atoms with Gasteiger partial charge in [-0.1, -0.05) is 29.4 Å². The SMILES string of the molecule is CO/N=C(\C(=O)Nc1cccc(/C=C\C2CN(S(=O)(=O)[O-])C2=O)c1)c1csc(N)n1.[Na+]. The zero-order valence-electron chi connectivity index (χ0n) is 16.5. The number of hydrogen-bond acceptors (Lipinski definition) is 10. The molecule has 158 valence electrons. The van der Waals surface area contributed by atoms with Crippen LogP contribution in [0.1, 0.15) is 11.3 Å². The van der Waals surface area contributed by atoms with Gasteiger partial charge < -0.3 is 20.4 Å². The van der Waals surface area contributed by atoms with Crippen LogP contribution < -0.4 is 40.6 Å². The number of amides is 2. The third-order valence-electron chi connectivity index (χ3n) is 4.02. The standard InChI is InChI=1S/C17H17N5O6S2.Na/c1-28-21-14(13-9-29-17(18)20-13)15(23)19-12-4-2-3-10(7-12)5-6-11-8-22(16(11)24)30(25,26)27;/h2-7,9,11H,8H2,1H3,(H2,18,20)(H,19,23)(H,25,26,27);/q;+1/p-1/b6-5-,21-14-;. The van der Waals surface area contributed by atoms with Crippen LogP contribution in [-0.4, -0.2) is 53.4 Å². The Kier molecular flexibility index (Phi) is 8.34. The van der Waals surface area contributed by atoms with Crippen molar-refractivity contribution in [2.45, 2.75) is 0 Å². The molecule has 31 heavy (non-hydrogen) atoms. The molecule has 1 aliphatic rings. The van der Waals surface area contributed by atoms with Crippen LogP contribution in [0.2, 0.25) is 0 Å². The molecule has 0 spiro atoms. The molecule has 1 aromatic carbocycles. The zero-order chi connectivity index (χ0) is 21.9. The summed E-state index contributed by atoms with van der Waals surface area (Å²) in [5.41, 5.74) is 6.91. The minimum absolute atomic E-state index is 0. The second kappa shape index (κ2) is 10.3. The van der Waals surface area contributed by atoms with Crippen molar-refractivity contribution in [2.24, 2.45) is 11.1 Å². The molecule has 1 aromatic heterocycles. The second-order valence-electron chi connectivity index (χ2n) is 6.07. The molecule has 2 aromatic rings. The van der Waals surface area contributed by atoms with Gasteiger partial charge >= 0.3 is 29.6 Å². The summed E-state index contributed by atoms with van der Waals surface area (Å²) < 4.78 is 32.8. The number of nitrogens with zero attached hydrogens (tertiary/aromatic N) is 3. The smallest absolute Gasteiger partial charge is 0.731 e. The van der Waals surface area contributed by atoms with E-state index >= 15 is 0 Å². The number of carbonyl (C=O) groups is 2. The Balaban J connectivity index is 0.00000341. The van der Waals surface area contributed by atoms with Gasteiger partial charge in [0.1, 0.15) is 12.8 Å². The Morgan fingerprint density at radius 3 is 2.81 bits per heavy atom. The van der Waals surface area contributed by atoms with Crippen molar-refractivity contribution in [1.29, 1.82) is 0 Å². The summed E-state index contributed by atoms with van der Waals surface area (Å²) in [6.45, 7) is -0.189. The minimum atomic E-state index is -4.77. The van der Waals surface area contributed by atoms with Crippen LogP contribution >= 0.6 is 11.3 Å². The van der Waals surface area contributed by atoms with E-state index in [0.29, 0.717) is 11.3 Å². The molecular formula is C17H16N5NaO6S2. The number of nitrogens with one attached hydrogen (secondary N) is 1. The first-order valence-corrected chi connectivity index (χ1v) is 10.6. The molecule has 0 radical (unpaired) electrons. The van der Waals surface area contributed by atoms with Crippen molar-refractivity contribution in [1.82, 2.24) is 9.29 Å². The van der Waals surface area contributed by atoms with Gasteiger partial charge in [-0.15, -0.1) is 11.3 Å². The molecule has 11 nitrogen and oxygen atoms in total. The van der Waals surface area contributed by atoms with Crippen LogP contribution in [0.25, 0.3) is 6.08 Å². The number of β-lactam (4-membered cyclic amide) rings is 1. The number of oxime groups is 1. The molecule has 3 N–H and O–H groups in total. The largest absolute Gasteiger partial charge is 1.00 e. The maximum absolute atomic E-state index is 12.6. The molecule has 3 rings (SSSR count). The molecular weight excluding hydrogens is 457 g/mol.